The second kappa shape index (κ2) is 8.84. The molecule has 10 heteroatoms. The molecule has 2 heterocycles. The topological polar surface area (TPSA) is 114 Å². The maximum absolute atomic E-state index is 14.2. The lowest BCUT2D eigenvalue weighted by Crippen LogP contribution is -2.35. The molecular weight excluding hydrogens is 401 g/mol. The third kappa shape index (κ3) is 4.81. The molecule has 0 fully saturated rings. The van der Waals surface area contributed by atoms with Gasteiger partial charge in [-0.3, -0.25) is 4.79 Å². The first-order valence-corrected chi connectivity index (χ1v) is 9.72. The average Bonchev–Trinajstić information content (AvgIpc) is 3.16. The van der Waals surface area contributed by atoms with E-state index in [1.54, 1.807) is 19.2 Å². The molecular formula is C21H22FN7O2. The summed E-state index contributed by atoms with van der Waals surface area (Å²) in [4.78, 5) is 19.7. The Morgan fingerprint density at radius 3 is 2.87 bits per heavy atom. The van der Waals surface area contributed by atoms with Crippen molar-refractivity contribution >= 4 is 34.7 Å². The van der Waals surface area contributed by atoms with Crippen LogP contribution in [-0.2, 0) is 11.3 Å². The molecule has 5 N–H and O–H groups in total. The fourth-order valence-corrected chi connectivity index (χ4v) is 3.24. The quantitative estimate of drug-likeness (QED) is 0.394. The van der Waals surface area contributed by atoms with Crippen LogP contribution in [0.2, 0.25) is 0 Å². The van der Waals surface area contributed by atoms with Gasteiger partial charge in [-0.2, -0.15) is 4.98 Å². The summed E-state index contributed by atoms with van der Waals surface area (Å²) in [6.07, 6.45) is 1.47. The second-order valence-corrected chi connectivity index (χ2v) is 6.94. The monoisotopic (exact) mass is 423 g/mol. The van der Waals surface area contributed by atoms with E-state index in [9.17, 15) is 14.3 Å². The van der Waals surface area contributed by atoms with Crippen molar-refractivity contribution in [1.82, 2.24) is 20.7 Å². The van der Waals surface area contributed by atoms with Crippen molar-refractivity contribution in [3.63, 3.8) is 0 Å². The fraction of sp³-hybridized carbons (Fsp3) is 0.190. The van der Waals surface area contributed by atoms with Gasteiger partial charge in [0.2, 0.25) is 11.9 Å². The molecule has 0 saturated carbocycles. The molecule has 160 valence electrons. The minimum atomic E-state index is -0.612. The van der Waals surface area contributed by atoms with E-state index in [1.807, 2.05) is 23.2 Å². The van der Waals surface area contributed by atoms with E-state index < -0.39 is 5.82 Å². The van der Waals surface area contributed by atoms with Gasteiger partial charge in [0.05, 0.1) is 11.9 Å². The third-order valence-electron chi connectivity index (χ3n) is 4.78. The van der Waals surface area contributed by atoms with Crippen molar-refractivity contribution in [3.8, 4) is 5.75 Å². The molecule has 0 unspecified atom stereocenters. The Labute approximate surface area is 178 Å². The van der Waals surface area contributed by atoms with Gasteiger partial charge in [-0.15, -0.1) is 0 Å². The molecule has 1 amide bonds. The Morgan fingerprint density at radius 1 is 1.23 bits per heavy atom. The lowest BCUT2D eigenvalue weighted by Gasteiger charge is -2.19. The lowest BCUT2D eigenvalue weighted by atomic mass is 10.1. The van der Waals surface area contributed by atoms with Gasteiger partial charge < -0.3 is 26.1 Å². The molecule has 0 aliphatic carbocycles. The van der Waals surface area contributed by atoms with Crippen LogP contribution >= 0.6 is 0 Å². The zero-order valence-electron chi connectivity index (χ0n) is 16.8. The van der Waals surface area contributed by atoms with E-state index in [0.29, 0.717) is 25.2 Å². The van der Waals surface area contributed by atoms with Gasteiger partial charge in [-0.25, -0.2) is 14.8 Å². The number of halogens is 1. The number of phenolic OH excluding ortho intramolecular Hbond substituents is 1. The van der Waals surface area contributed by atoms with Gasteiger partial charge in [-0.05, 0) is 35.9 Å². The van der Waals surface area contributed by atoms with E-state index in [0.717, 1.165) is 23.1 Å². The number of hydrogen-bond donors (Lipinski definition) is 5. The van der Waals surface area contributed by atoms with Crippen LogP contribution in [0, 0.1) is 5.82 Å². The van der Waals surface area contributed by atoms with Crippen LogP contribution < -0.4 is 26.4 Å². The Balaban J connectivity index is 1.47. The van der Waals surface area contributed by atoms with E-state index in [2.05, 4.69) is 31.3 Å². The first kappa shape index (κ1) is 20.4. The number of anilines is 5. The largest absolute Gasteiger partial charge is 0.508 e. The van der Waals surface area contributed by atoms with Gasteiger partial charge >= 0.3 is 0 Å². The van der Waals surface area contributed by atoms with Gasteiger partial charge in [0.1, 0.15) is 5.75 Å². The van der Waals surface area contributed by atoms with Crippen LogP contribution in [0.15, 0.2) is 48.7 Å². The number of fused-ring (bicyclic) bond motifs is 1. The van der Waals surface area contributed by atoms with E-state index in [1.165, 1.54) is 12.1 Å². The number of aromatic hydroxyl groups is 1. The number of hydrogen-bond acceptors (Lipinski definition) is 8. The molecule has 1 aromatic heterocycles. The number of phenols is 1. The van der Waals surface area contributed by atoms with Crippen LogP contribution in [-0.4, -0.2) is 34.6 Å². The van der Waals surface area contributed by atoms with Gasteiger partial charge in [0.25, 0.3) is 0 Å². The molecule has 4 rings (SSSR count). The van der Waals surface area contributed by atoms with Crippen molar-refractivity contribution in [2.75, 3.05) is 29.2 Å². The molecule has 0 spiro atoms. The minimum absolute atomic E-state index is 0.00805. The molecule has 1 aliphatic rings. The summed E-state index contributed by atoms with van der Waals surface area (Å²) in [6, 6.07) is 12.1. The molecule has 0 saturated heterocycles. The maximum Gasteiger partial charge on any atom is 0.229 e. The summed E-state index contributed by atoms with van der Waals surface area (Å²) in [5, 5.41) is 20.1. The van der Waals surface area contributed by atoms with E-state index in [-0.39, 0.29) is 23.4 Å². The molecule has 31 heavy (non-hydrogen) atoms. The number of carbonyl (C=O) groups is 1. The first-order valence-electron chi connectivity index (χ1n) is 9.72. The zero-order valence-corrected chi connectivity index (χ0v) is 16.8. The molecule has 0 bridgehead atoms. The van der Waals surface area contributed by atoms with Crippen molar-refractivity contribution in [3.05, 3.63) is 60.0 Å². The number of nitrogens with zero attached hydrogens (tertiary/aromatic N) is 3. The van der Waals surface area contributed by atoms with Crippen molar-refractivity contribution in [2.45, 2.75) is 13.0 Å². The number of nitrogens with one attached hydrogen (secondary N) is 4. The highest BCUT2D eigenvalue weighted by molar-refractivity contribution is 5.76. The third-order valence-corrected chi connectivity index (χ3v) is 4.78. The van der Waals surface area contributed by atoms with Crippen molar-refractivity contribution in [2.24, 2.45) is 0 Å². The Hall–Kier alpha value is -3.92. The van der Waals surface area contributed by atoms with Gasteiger partial charge in [-0.1, -0.05) is 6.07 Å². The zero-order chi connectivity index (χ0) is 21.8. The SMILES string of the molecule is CNC(=O)CCN1NCc2cc(Nc3ncc(F)c(Nc4cccc(O)c4)n3)ccc21. The van der Waals surface area contributed by atoms with Crippen LogP contribution in [0.25, 0.3) is 0 Å². The van der Waals surface area contributed by atoms with E-state index in [4.69, 9.17) is 0 Å². The summed E-state index contributed by atoms with van der Waals surface area (Å²) >= 11 is 0. The fourth-order valence-electron chi connectivity index (χ4n) is 3.24. The van der Waals surface area contributed by atoms with Crippen molar-refractivity contribution < 1.29 is 14.3 Å². The molecule has 1 aliphatic heterocycles. The molecule has 3 aromatic rings. The molecule has 2 aromatic carbocycles. The van der Waals surface area contributed by atoms with E-state index >= 15 is 0 Å². The molecule has 0 atom stereocenters. The first-order chi connectivity index (χ1) is 15.0. The van der Waals surface area contributed by atoms with Gasteiger partial charge in [0, 0.05) is 44.0 Å². The molecule has 9 nitrogen and oxygen atoms in total. The number of amides is 1. The van der Waals surface area contributed by atoms with Crippen LogP contribution in [0.3, 0.4) is 0 Å². The Bertz CT molecular complexity index is 1110. The molecule has 0 radical (unpaired) electrons. The summed E-state index contributed by atoms with van der Waals surface area (Å²) in [5.74, 6) is -0.345. The maximum atomic E-state index is 14.2. The van der Waals surface area contributed by atoms with Gasteiger partial charge in [0.15, 0.2) is 11.6 Å². The minimum Gasteiger partial charge on any atom is -0.508 e. The number of benzene rings is 2. The summed E-state index contributed by atoms with van der Waals surface area (Å²) < 4.78 is 14.2. The van der Waals surface area contributed by atoms with Crippen LogP contribution in [0.5, 0.6) is 5.75 Å². The van der Waals surface area contributed by atoms with Crippen molar-refractivity contribution in [1.29, 1.82) is 0 Å². The number of aromatic nitrogens is 2. The highest BCUT2D eigenvalue weighted by atomic mass is 19.1. The number of rotatable bonds is 7. The Morgan fingerprint density at radius 2 is 2.06 bits per heavy atom. The summed E-state index contributed by atoms with van der Waals surface area (Å²) in [6.45, 7) is 1.19. The number of hydrazine groups is 1. The highest BCUT2D eigenvalue weighted by Crippen LogP contribution is 2.29. The second-order valence-electron chi connectivity index (χ2n) is 6.94. The standard InChI is InChI=1S/C21H22FN7O2/c1-23-19(31)7-8-29-18-6-5-15(9-13(18)11-25-29)27-21-24-12-17(22)20(28-21)26-14-3-2-4-16(30)10-14/h2-6,9-10,12,25,30H,7-8,11H2,1H3,(H,23,31)(H2,24,26,27,28). The summed E-state index contributed by atoms with van der Waals surface area (Å²) in [5.41, 5.74) is 6.57. The van der Waals surface area contributed by atoms with Crippen LogP contribution in [0.1, 0.15) is 12.0 Å². The summed E-state index contributed by atoms with van der Waals surface area (Å²) in [7, 11) is 1.62. The normalized spacial score (nSPS) is 12.4. The smallest absolute Gasteiger partial charge is 0.229 e. The number of carbonyl (C=O) groups excluding carboxylic acids is 1. The highest BCUT2D eigenvalue weighted by Gasteiger charge is 2.19. The predicted molar refractivity (Wildman–Crippen MR) is 116 cm³/mol. The predicted octanol–water partition coefficient (Wildman–Crippen LogP) is 2.77. The lowest BCUT2D eigenvalue weighted by molar-refractivity contribution is -0.120. The average molecular weight is 423 g/mol. The Kier molecular flexibility index (Phi) is 5.80. The van der Waals surface area contributed by atoms with Crippen LogP contribution in [0.4, 0.5) is 33.2 Å².